The summed E-state index contributed by atoms with van der Waals surface area (Å²) in [6.45, 7) is 0. The van der Waals surface area contributed by atoms with Crippen molar-refractivity contribution in [2.24, 2.45) is 0 Å². The molecule has 3 nitrogen and oxygen atoms in total. The second-order valence-corrected chi connectivity index (χ2v) is 5.73. The molecule has 0 unspecified atom stereocenters. The Morgan fingerprint density at radius 2 is 1.76 bits per heavy atom. The number of hydrogen-bond donors (Lipinski definition) is 0. The quantitative estimate of drug-likeness (QED) is 0.617. The van der Waals surface area contributed by atoms with E-state index in [1.807, 2.05) is 36.4 Å². The molecule has 0 spiro atoms. The molecule has 1 aliphatic heterocycles. The highest BCUT2D eigenvalue weighted by atomic mass is 79.9. The molecular weight excluding hydrogens is 330 g/mol. The lowest BCUT2D eigenvalue weighted by molar-refractivity contribution is -0.112. The first-order valence-electron chi connectivity index (χ1n) is 6.47. The third kappa shape index (κ3) is 2.43. The first-order valence-corrected chi connectivity index (χ1v) is 7.26. The van der Waals surface area contributed by atoms with Crippen LogP contribution in [0.4, 0.5) is 5.69 Å². The number of fused-ring (bicyclic) bond motifs is 1. The Balaban J connectivity index is 2.02. The number of anilines is 1. The highest BCUT2D eigenvalue weighted by Crippen LogP contribution is 2.35. The van der Waals surface area contributed by atoms with E-state index in [-0.39, 0.29) is 11.7 Å². The molecule has 4 heteroatoms. The molecule has 0 aliphatic carbocycles. The number of hydrogen-bond acceptors (Lipinski definition) is 2. The maximum absolute atomic E-state index is 12.3. The minimum absolute atomic E-state index is 0.151. The Morgan fingerprint density at radius 1 is 1.10 bits per heavy atom. The number of amides is 1. The minimum Gasteiger partial charge on any atom is -0.311 e. The van der Waals surface area contributed by atoms with Gasteiger partial charge in [-0.3, -0.25) is 9.59 Å². The van der Waals surface area contributed by atoms with E-state index < -0.39 is 0 Å². The monoisotopic (exact) mass is 341 g/mol. The number of halogens is 1. The Morgan fingerprint density at radius 3 is 2.48 bits per heavy atom. The lowest BCUT2D eigenvalue weighted by Gasteiger charge is -2.07. The van der Waals surface area contributed by atoms with Crippen molar-refractivity contribution in [1.82, 2.24) is 0 Å². The summed E-state index contributed by atoms with van der Waals surface area (Å²) >= 11 is 3.33. The molecule has 0 N–H and O–H groups in total. The molecule has 0 saturated carbocycles. The van der Waals surface area contributed by atoms with Gasteiger partial charge in [-0.25, -0.2) is 0 Å². The van der Waals surface area contributed by atoms with Crippen molar-refractivity contribution in [2.45, 2.75) is 0 Å². The van der Waals surface area contributed by atoms with Crippen LogP contribution in [-0.2, 0) is 4.79 Å². The van der Waals surface area contributed by atoms with Crippen LogP contribution in [0.3, 0.4) is 0 Å². The molecule has 0 aromatic heterocycles. The molecule has 3 rings (SSSR count). The summed E-state index contributed by atoms with van der Waals surface area (Å²) in [5.74, 6) is -0.322. The van der Waals surface area contributed by atoms with Crippen molar-refractivity contribution in [3.8, 4) is 0 Å². The maximum Gasteiger partial charge on any atom is 0.258 e. The van der Waals surface area contributed by atoms with E-state index in [1.54, 1.807) is 24.1 Å². The maximum atomic E-state index is 12.3. The molecule has 21 heavy (non-hydrogen) atoms. The van der Waals surface area contributed by atoms with Gasteiger partial charge in [-0.05, 0) is 36.4 Å². The fourth-order valence-electron chi connectivity index (χ4n) is 2.37. The van der Waals surface area contributed by atoms with Gasteiger partial charge in [0.15, 0.2) is 5.78 Å². The van der Waals surface area contributed by atoms with Gasteiger partial charge in [0.2, 0.25) is 0 Å². The van der Waals surface area contributed by atoms with Gasteiger partial charge in [0.25, 0.3) is 5.91 Å². The second kappa shape index (κ2) is 5.30. The van der Waals surface area contributed by atoms with Crippen LogP contribution in [0, 0.1) is 0 Å². The average molecular weight is 342 g/mol. The van der Waals surface area contributed by atoms with Gasteiger partial charge >= 0.3 is 0 Å². The topological polar surface area (TPSA) is 37.4 Å². The third-order valence-electron chi connectivity index (χ3n) is 3.49. The number of carbonyl (C=O) groups is 2. The molecule has 0 saturated heterocycles. The lowest BCUT2D eigenvalue weighted by Crippen LogP contribution is -2.20. The molecule has 0 bridgehead atoms. The number of para-hydroxylation sites is 1. The minimum atomic E-state index is -0.170. The van der Waals surface area contributed by atoms with Crippen molar-refractivity contribution in [3.05, 3.63) is 70.2 Å². The lowest BCUT2D eigenvalue weighted by atomic mass is 10.0. The number of nitrogens with zero attached hydrogens (tertiary/aromatic N) is 1. The van der Waals surface area contributed by atoms with Crippen molar-refractivity contribution >= 4 is 38.9 Å². The van der Waals surface area contributed by atoms with Crippen LogP contribution in [0.2, 0.25) is 0 Å². The van der Waals surface area contributed by atoms with Crippen LogP contribution in [0.1, 0.15) is 15.9 Å². The average Bonchev–Trinajstić information content (AvgIpc) is 2.73. The van der Waals surface area contributed by atoms with Crippen molar-refractivity contribution in [2.75, 3.05) is 11.9 Å². The molecule has 1 amide bonds. The Kier molecular flexibility index (Phi) is 3.47. The molecule has 0 radical (unpaired) electrons. The van der Waals surface area contributed by atoms with Gasteiger partial charge in [0.05, 0.1) is 11.3 Å². The van der Waals surface area contributed by atoms with Crippen LogP contribution in [-0.4, -0.2) is 18.7 Å². The summed E-state index contributed by atoms with van der Waals surface area (Å²) in [6, 6.07) is 14.6. The van der Waals surface area contributed by atoms with E-state index >= 15 is 0 Å². The van der Waals surface area contributed by atoms with Crippen molar-refractivity contribution in [1.29, 1.82) is 0 Å². The molecule has 1 heterocycles. The Bertz CT molecular complexity index is 763. The number of likely N-dealkylation sites (N-methyl/N-ethyl adjacent to an activating group) is 1. The number of benzene rings is 2. The van der Waals surface area contributed by atoms with E-state index in [0.717, 1.165) is 15.7 Å². The summed E-state index contributed by atoms with van der Waals surface area (Å²) in [5, 5.41) is 0. The highest BCUT2D eigenvalue weighted by Gasteiger charge is 2.29. The van der Waals surface area contributed by atoms with Crippen LogP contribution in [0.25, 0.3) is 5.57 Å². The summed E-state index contributed by atoms with van der Waals surface area (Å²) in [5.41, 5.74) is 2.64. The largest absolute Gasteiger partial charge is 0.311 e. The van der Waals surface area contributed by atoms with Crippen LogP contribution >= 0.6 is 15.9 Å². The Hall–Kier alpha value is -2.20. The van der Waals surface area contributed by atoms with Gasteiger partial charge in [-0.2, -0.15) is 0 Å². The number of allylic oxidation sites excluding steroid dienone is 1. The van der Waals surface area contributed by atoms with Gasteiger partial charge < -0.3 is 4.90 Å². The normalized spacial score (nSPS) is 15.4. The van der Waals surface area contributed by atoms with Crippen LogP contribution < -0.4 is 4.90 Å². The fraction of sp³-hybridized carbons (Fsp3) is 0.0588. The summed E-state index contributed by atoms with van der Waals surface area (Å²) in [4.78, 5) is 26.2. The molecular formula is C17H12BrNO2. The molecule has 1 aliphatic rings. The third-order valence-corrected chi connectivity index (χ3v) is 4.02. The zero-order valence-electron chi connectivity index (χ0n) is 11.3. The summed E-state index contributed by atoms with van der Waals surface area (Å²) < 4.78 is 0.911. The predicted molar refractivity (Wildman–Crippen MR) is 86.3 cm³/mol. The molecule has 2 aromatic rings. The number of rotatable bonds is 2. The van der Waals surface area contributed by atoms with Crippen LogP contribution in [0.15, 0.2) is 59.1 Å². The molecule has 0 fully saturated rings. The first-order chi connectivity index (χ1) is 10.1. The molecule has 104 valence electrons. The second-order valence-electron chi connectivity index (χ2n) is 4.81. The SMILES string of the molecule is CN1C(=O)/C(=C/C(=O)c2ccc(Br)cc2)c2ccccc21. The van der Waals surface area contributed by atoms with Gasteiger partial charge in [0.1, 0.15) is 0 Å². The smallest absolute Gasteiger partial charge is 0.258 e. The zero-order valence-corrected chi connectivity index (χ0v) is 12.9. The molecule has 2 aromatic carbocycles. The number of ketones is 1. The van der Waals surface area contributed by atoms with Gasteiger partial charge in [-0.15, -0.1) is 0 Å². The van der Waals surface area contributed by atoms with Crippen molar-refractivity contribution in [3.63, 3.8) is 0 Å². The van der Waals surface area contributed by atoms with E-state index in [0.29, 0.717) is 11.1 Å². The number of carbonyl (C=O) groups excluding carboxylic acids is 2. The van der Waals surface area contributed by atoms with E-state index in [2.05, 4.69) is 15.9 Å². The standard InChI is InChI=1S/C17H12BrNO2/c1-19-15-5-3-2-4-13(15)14(17(19)21)10-16(20)11-6-8-12(18)9-7-11/h2-10H,1H3/b14-10+. The van der Waals surface area contributed by atoms with Gasteiger partial charge in [0, 0.05) is 22.6 Å². The van der Waals surface area contributed by atoms with E-state index in [4.69, 9.17) is 0 Å². The zero-order chi connectivity index (χ0) is 15.0. The fourth-order valence-corrected chi connectivity index (χ4v) is 2.63. The highest BCUT2D eigenvalue weighted by molar-refractivity contribution is 9.10. The first kappa shape index (κ1) is 13.8. The summed E-state index contributed by atoms with van der Waals surface area (Å²) in [6.07, 6.45) is 1.42. The van der Waals surface area contributed by atoms with E-state index in [9.17, 15) is 9.59 Å². The Labute approximate surface area is 131 Å². The molecule has 0 atom stereocenters. The van der Waals surface area contributed by atoms with E-state index in [1.165, 1.54) is 6.08 Å². The summed E-state index contributed by atoms with van der Waals surface area (Å²) in [7, 11) is 1.71. The van der Waals surface area contributed by atoms with Gasteiger partial charge in [-0.1, -0.05) is 34.1 Å². The van der Waals surface area contributed by atoms with Crippen LogP contribution in [0.5, 0.6) is 0 Å². The predicted octanol–water partition coefficient (Wildman–Crippen LogP) is 3.69. The van der Waals surface area contributed by atoms with Crippen molar-refractivity contribution < 1.29 is 9.59 Å².